The van der Waals surface area contributed by atoms with Gasteiger partial charge in [0.05, 0.1) is 38.0 Å². The first-order chi connectivity index (χ1) is 16.7. The molecule has 0 saturated carbocycles. The van der Waals surface area contributed by atoms with Crippen LogP contribution in [0.15, 0.2) is 67.1 Å². The van der Waals surface area contributed by atoms with Crippen molar-refractivity contribution in [3.8, 4) is 11.5 Å². The van der Waals surface area contributed by atoms with Crippen LogP contribution in [0.3, 0.4) is 0 Å². The van der Waals surface area contributed by atoms with Crippen molar-refractivity contribution in [3.05, 3.63) is 83.1 Å². The Morgan fingerprint density at radius 2 is 1.74 bits per heavy atom. The summed E-state index contributed by atoms with van der Waals surface area (Å²) in [5.41, 5.74) is 3.79. The molecule has 0 spiro atoms. The molecule has 0 aliphatic carbocycles. The Hall–Kier alpha value is -2.11. The molecule has 3 rings (SSSR count). The van der Waals surface area contributed by atoms with Gasteiger partial charge in [-0.2, -0.15) is 5.10 Å². The average Bonchev–Trinajstić information content (AvgIpc) is 2.81. The minimum Gasteiger partial charge on any atom is -0.496 e. The summed E-state index contributed by atoms with van der Waals surface area (Å²) in [6, 6.07) is 13.7. The normalized spacial score (nSPS) is 10.8. The van der Waals surface area contributed by atoms with Crippen LogP contribution < -0.4 is 20.2 Å². The molecule has 0 aliphatic rings. The minimum absolute atomic E-state index is 0.133. The lowest BCUT2D eigenvalue weighted by molar-refractivity contribution is -0.136. The van der Waals surface area contributed by atoms with E-state index < -0.39 is 11.8 Å². The number of ether oxygens (including phenoxy) is 2. The van der Waals surface area contributed by atoms with Crippen LogP contribution in [0.1, 0.15) is 11.1 Å². The highest BCUT2D eigenvalue weighted by Gasteiger charge is 2.15. The standard InChI is InChI=1S/C23H16Br3Cl2N3O4/c1-34-19-6-5-12(7-13(19)11-35-21-15(25)8-14(24)9-16(21)26)10-29-31-23(33)22(32)30-18-4-2-3-17(27)20(18)28/h2-10H,11H2,1H3,(H,30,32)(H,31,33)/b29-10+. The molecule has 35 heavy (non-hydrogen) atoms. The van der Waals surface area contributed by atoms with Gasteiger partial charge in [-0.05, 0) is 79.9 Å². The van der Waals surface area contributed by atoms with E-state index in [4.69, 9.17) is 32.7 Å². The molecule has 0 aromatic heterocycles. The monoisotopic (exact) mass is 705 g/mol. The van der Waals surface area contributed by atoms with Crippen LogP contribution in [-0.4, -0.2) is 25.1 Å². The van der Waals surface area contributed by atoms with Crippen LogP contribution in [0.25, 0.3) is 0 Å². The molecule has 3 aromatic carbocycles. The first-order valence-corrected chi connectivity index (χ1v) is 12.9. The van der Waals surface area contributed by atoms with Crippen molar-refractivity contribution in [1.82, 2.24) is 5.43 Å². The molecule has 0 radical (unpaired) electrons. The van der Waals surface area contributed by atoms with Gasteiger partial charge in [0, 0.05) is 10.0 Å². The molecular formula is C23H16Br3Cl2N3O4. The molecular weight excluding hydrogens is 693 g/mol. The molecule has 0 saturated heterocycles. The van der Waals surface area contributed by atoms with Crippen LogP contribution in [-0.2, 0) is 16.2 Å². The average molecular weight is 709 g/mol. The molecule has 2 N–H and O–H groups in total. The zero-order valence-corrected chi connectivity index (χ0v) is 24.1. The van der Waals surface area contributed by atoms with Crippen LogP contribution in [0.4, 0.5) is 5.69 Å². The van der Waals surface area contributed by atoms with Crippen LogP contribution in [0, 0.1) is 0 Å². The van der Waals surface area contributed by atoms with Crippen molar-refractivity contribution in [2.45, 2.75) is 6.61 Å². The maximum atomic E-state index is 12.1. The Kier molecular flexibility index (Phi) is 9.99. The molecule has 12 heteroatoms. The second-order valence-electron chi connectivity index (χ2n) is 6.81. The molecule has 182 valence electrons. The summed E-state index contributed by atoms with van der Waals surface area (Å²) in [6.45, 7) is 0.207. The number of rotatable bonds is 7. The van der Waals surface area contributed by atoms with Gasteiger partial charge in [0.1, 0.15) is 18.1 Å². The van der Waals surface area contributed by atoms with Gasteiger partial charge in [0.25, 0.3) is 0 Å². The molecule has 2 amide bonds. The van der Waals surface area contributed by atoms with E-state index in [-0.39, 0.29) is 22.3 Å². The van der Waals surface area contributed by atoms with Crippen molar-refractivity contribution >= 4 is 94.7 Å². The highest BCUT2D eigenvalue weighted by atomic mass is 79.9. The number of methoxy groups -OCH3 is 1. The zero-order chi connectivity index (χ0) is 25.5. The summed E-state index contributed by atoms with van der Waals surface area (Å²) in [7, 11) is 1.56. The number of hydrogen-bond donors (Lipinski definition) is 2. The van der Waals surface area contributed by atoms with Crippen LogP contribution in [0.5, 0.6) is 11.5 Å². The molecule has 0 heterocycles. The van der Waals surface area contributed by atoms with Crippen molar-refractivity contribution in [1.29, 1.82) is 0 Å². The van der Waals surface area contributed by atoms with Gasteiger partial charge in [-0.15, -0.1) is 0 Å². The van der Waals surface area contributed by atoms with Gasteiger partial charge in [0.15, 0.2) is 0 Å². The third-order valence-electron chi connectivity index (χ3n) is 4.43. The zero-order valence-electron chi connectivity index (χ0n) is 17.9. The van der Waals surface area contributed by atoms with E-state index >= 15 is 0 Å². The molecule has 0 bridgehead atoms. The number of carbonyl (C=O) groups excluding carboxylic acids is 2. The second kappa shape index (κ2) is 12.7. The Labute approximate surface area is 236 Å². The first-order valence-electron chi connectivity index (χ1n) is 9.72. The summed E-state index contributed by atoms with van der Waals surface area (Å²) in [4.78, 5) is 24.2. The maximum absolute atomic E-state index is 12.1. The van der Waals surface area contributed by atoms with Gasteiger partial charge in [-0.1, -0.05) is 45.2 Å². The van der Waals surface area contributed by atoms with Crippen LogP contribution in [0.2, 0.25) is 10.0 Å². The quantitative estimate of drug-likeness (QED) is 0.158. The van der Waals surface area contributed by atoms with Gasteiger partial charge < -0.3 is 14.8 Å². The van der Waals surface area contributed by atoms with Crippen molar-refractivity contribution in [2.75, 3.05) is 12.4 Å². The lowest BCUT2D eigenvalue weighted by Gasteiger charge is -2.13. The van der Waals surface area contributed by atoms with Gasteiger partial charge in [-0.25, -0.2) is 5.43 Å². The molecule has 7 nitrogen and oxygen atoms in total. The van der Waals surface area contributed by atoms with E-state index in [1.165, 1.54) is 12.3 Å². The molecule has 0 unspecified atom stereocenters. The highest BCUT2D eigenvalue weighted by Crippen LogP contribution is 2.37. The number of benzene rings is 3. The minimum atomic E-state index is -0.973. The van der Waals surface area contributed by atoms with Gasteiger partial charge in [-0.3, -0.25) is 9.59 Å². The van der Waals surface area contributed by atoms with Gasteiger partial charge >= 0.3 is 11.8 Å². The Balaban J connectivity index is 1.65. The summed E-state index contributed by atoms with van der Waals surface area (Å²) < 4.78 is 13.8. The Morgan fingerprint density at radius 3 is 2.43 bits per heavy atom. The summed E-state index contributed by atoms with van der Waals surface area (Å²) >= 11 is 22.3. The van der Waals surface area contributed by atoms with E-state index in [2.05, 4.69) is 63.6 Å². The van der Waals surface area contributed by atoms with E-state index in [9.17, 15) is 9.59 Å². The topological polar surface area (TPSA) is 89.0 Å². The second-order valence-corrected chi connectivity index (χ2v) is 10.2. The predicted molar refractivity (Wildman–Crippen MR) is 148 cm³/mol. The highest BCUT2D eigenvalue weighted by molar-refractivity contribution is 9.11. The van der Waals surface area contributed by atoms with E-state index in [0.29, 0.717) is 17.1 Å². The summed E-state index contributed by atoms with van der Waals surface area (Å²) in [6.07, 6.45) is 1.39. The van der Waals surface area contributed by atoms with Gasteiger partial charge in [0.2, 0.25) is 0 Å². The third-order valence-corrected chi connectivity index (χ3v) is 6.88. The smallest absolute Gasteiger partial charge is 0.329 e. The third kappa shape index (κ3) is 7.44. The van der Waals surface area contributed by atoms with Crippen molar-refractivity contribution in [3.63, 3.8) is 0 Å². The fourth-order valence-corrected chi connectivity index (χ4v) is 5.64. The number of nitrogens with zero attached hydrogens (tertiary/aromatic N) is 1. The lowest BCUT2D eigenvalue weighted by atomic mass is 10.1. The SMILES string of the molecule is COc1ccc(/C=N/NC(=O)C(=O)Nc2cccc(Cl)c2Cl)cc1COc1c(Br)cc(Br)cc1Br. The fraction of sp³-hybridized carbons (Fsp3) is 0.0870. The van der Waals surface area contributed by atoms with E-state index in [1.54, 1.807) is 37.4 Å². The summed E-state index contributed by atoms with van der Waals surface area (Å²) in [5, 5.41) is 6.62. The number of carbonyl (C=O) groups is 2. The van der Waals surface area contributed by atoms with Crippen molar-refractivity contribution in [2.24, 2.45) is 5.10 Å². The molecule has 0 atom stereocenters. The number of amides is 2. The predicted octanol–water partition coefficient (Wildman–Crippen LogP) is 6.96. The van der Waals surface area contributed by atoms with E-state index in [0.717, 1.165) is 19.0 Å². The maximum Gasteiger partial charge on any atom is 0.329 e. The number of nitrogens with one attached hydrogen (secondary N) is 2. The largest absolute Gasteiger partial charge is 0.496 e. The molecule has 0 fully saturated rings. The number of hydrazone groups is 1. The van der Waals surface area contributed by atoms with E-state index in [1.807, 2.05) is 12.1 Å². The van der Waals surface area contributed by atoms with Crippen LogP contribution >= 0.6 is 71.0 Å². The number of anilines is 1. The number of halogens is 5. The molecule has 0 aliphatic heterocycles. The summed E-state index contributed by atoms with van der Waals surface area (Å²) in [5.74, 6) is -0.666. The number of hydrogen-bond acceptors (Lipinski definition) is 5. The lowest BCUT2D eigenvalue weighted by Crippen LogP contribution is -2.32. The fourth-order valence-electron chi connectivity index (χ4n) is 2.80. The Morgan fingerprint density at radius 1 is 1.03 bits per heavy atom. The molecule has 3 aromatic rings. The first kappa shape index (κ1) is 27.5. The Bertz CT molecular complexity index is 1280. The van der Waals surface area contributed by atoms with Crippen molar-refractivity contribution < 1.29 is 19.1 Å².